The maximum Gasteiger partial charge on any atom is 0.226 e. The fourth-order valence-corrected chi connectivity index (χ4v) is 1.54. The Balaban J connectivity index is 2.32. The van der Waals surface area contributed by atoms with Crippen LogP contribution in [0.3, 0.4) is 0 Å². The molecule has 1 amide bonds. The molecule has 1 unspecified atom stereocenters. The third kappa shape index (κ3) is 2.44. The monoisotopic (exact) mass is 184 g/mol. The molecular weight excluding hydrogens is 164 g/mol. The van der Waals surface area contributed by atoms with Crippen molar-refractivity contribution in [3.05, 3.63) is 0 Å². The Morgan fingerprint density at radius 3 is 2.54 bits per heavy atom. The number of amides is 1. The molecule has 0 aromatic carbocycles. The average molecular weight is 184 g/mol. The smallest absolute Gasteiger partial charge is 0.226 e. The zero-order chi connectivity index (χ0) is 10.1. The molecule has 1 fully saturated rings. The summed E-state index contributed by atoms with van der Waals surface area (Å²) in [7, 11) is 3.79. The van der Waals surface area contributed by atoms with Gasteiger partial charge in [-0.2, -0.15) is 0 Å². The molecule has 0 heterocycles. The highest BCUT2D eigenvalue weighted by molar-refractivity contribution is 5.82. The first-order valence-electron chi connectivity index (χ1n) is 4.88. The lowest BCUT2D eigenvalue weighted by Crippen LogP contribution is -2.34. The van der Waals surface area contributed by atoms with Crippen LogP contribution >= 0.6 is 0 Å². The number of nitrogens with one attached hydrogen (secondary N) is 1. The molecule has 3 nitrogen and oxygen atoms in total. The van der Waals surface area contributed by atoms with Gasteiger partial charge in [-0.1, -0.05) is 13.8 Å². The van der Waals surface area contributed by atoms with Crippen molar-refractivity contribution in [2.24, 2.45) is 11.3 Å². The highest BCUT2D eigenvalue weighted by atomic mass is 16.2. The predicted molar refractivity (Wildman–Crippen MR) is 53.5 cm³/mol. The van der Waals surface area contributed by atoms with Gasteiger partial charge in [0.05, 0.1) is 0 Å². The van der Waals surface area contributed by atoms with E-state index in [0.29, 0.717) is 5.91 Å². The quantitative estimate of drug-likeness (QED) is 0.698. The van der Waals surface area contributed by atoms with Crippen LogP contribution in [0, 0.1) is 11.3 Å². The van der Waals surface area contributed by atoms with Gasteiger partial charge in [0.1, 0.15) is 0 Å². The lowest BCUT2D eigenvalue weighted by molar-refractivity contribution is -0.131. The van der Waals surface area contributed by atoms with E-state index in [-0.39, 0.29) is 11.3 Å². The molecule has 0 aliphatic heterocycles. The molecule has 0 aromatic heterocycles. The van der Waals surface area contributed by atoms with E-state index >= 15 is 0 Å². The van der Waals surface area contributed by atoms with Gasteiger partial charge in [-0.15, -0.1) is 0 Å². The second-order valence-electron chi connectivity index (χ2n) is 4.61. The van der Waals surface area contributed by atoms with E-state index in [4.69, 9.17) is 0 Å². The zero-order valence-corrected chi connectivity index (χ0v) is 9.05. The first-order valence-corrected chi connectivity index (χ1v) is 4.88. The molecule has 1 aliphatic rings. The molecule has 13 heavy (non-hydrogen) atoms. The number of carbonyl (C=O) groups is 1. The Morgan fingerprint density at radius 1 is 1.62 bits per heavy atom. The van der Waals surface area contributed by atoms with Gasteiger partial charge in [-0.25, -0.2) is 0 Å². The van der Waals surface area contributed by atoms with Crippen molar-refractivity contribution in [3.8, 4) is 0 Å². The van der Waals surface area contributed by atoms with Crippen LogP contribution in [0.15, 0.2) is 0 Å². The van der Waals surface area contributed by atoms with E-state index in [0.717, 1.165) is 19.5 Å². The lowest BCUT2D eigenvalue weighted by atomic mass is 10.1. The third-order valence-corrected chi connectivity index (χ3v) is 2.88. The van der Waals surface area contributed by atoms with Crippen molar-refractivity contribution in [3.63, 3.8) is 0 Å². The van der Waals surface area contributed by atoms with E-state index in [1.165, 1.54) is 0 Å². The third-order valence-electron chi connectivity index (χ3n) is 2.88. The maximum atomic E-state index is 11.7. The molecule has 1 aliphatic carbocycles. The second kappa shape index (κ2) is 3.66. The van der Waals surface area contributed by atoms with E-state index in [1.54, 1.807) is 0 Å². The minimum absolute atomic E-state index is 0.255. The predicted octanol–water partition coefficient (Wildman–Crippen LogP) is 0.710. The number of carbonyl (C=O) groups excluding carboxylic acids is 1. The molecule has 0 saturated heterocycles. The molecule has 1 saturated carbocycles. The van der Waals surface area contributed by atoms with Gasteiger partial charge < -0.3 is 10.2 Å². The van der Waals surface area contributed by atoms with Crippen LogP contribution in [0.5, 0.6) is 0 Å². The highest BCUT2D eigenvalue weighted by Crippen LogP contribution is 2.52. The van der Waals surface area contributed by atoms with Gasteiger partial charge in [-0.05, 0) is 18.9 Å². The lowest BCUT2D eigenvalue weighted by Gasteiger charge is -2.17. The van der Waals surface area contributed by atoms with Crippen LogP contribution in [-0.2, 0) is 4.79 Å². The number of hydrogen-bond donors (Lipinski definition) is 1. The van der Waals surface area contributed by atoms with Crippen molar-refractivity contribution in [1.29, 1.82) is 0 Å². The summed E-state index contributed by atoms with van der Waals surface area (Å²) < 4.78 is 0. The molecule has 0 spiro atoms. The van der Waals surface area contributed by atoms with Crippen molar-refractivity contribution in [1.82, 2.24) is 10.2 Å². The van der Waals surface area contributed by atoms with Crippen molar-refractivity contribution in [2.45, 2.75) is 20.3 Å². The van der Waals surface area contributed by atoms with E-state index < -0.39 is 0 Å². The van der Waals surface area contributed by atoms with Crippen LogP contribution in [0.1, 0.15) is 20.3 Å². The van der Waals surface area contributed by atoms with E-state index in [2.05, 4.69) is 19.2 Å². The van der Waals surface area contributed by atoms with Crippen LogP contribution in [0.2, 0.25) is 0 Å². The van der Waals surface area contributed by atoms with Gasteiger partial charge >= 0.3 is 0 Å². The summed E-state index contributed by atoms with van der Waals surface area (Å²) in [6, 6.07) is 0. The standard InChI is InChI=1S/C10H20N2O/c1-10(2)7-8(10)9(13)12(4)6-5-11-3/h8,11H,5-7H2,1-4H3. The topological polar surface area (TPSA) is 32.3 Å². The van der Waals surface area contributed by atoms with Gasteiger partial charge in [0, 0.05) is 26.1 Å². The minimum atomic E-state index is 0.255. The molecule has 1 atom stereocenters. The number of hydrogen-bond acceptors (Lipinski definition) is 2. The summed E-state index contributed by atoms with van der Waals surface area (Å²) in [6.07, 6.45) is 1.05. The molecule has 1 rings (SSSR count). The van der Waals surface area contributed by atoms with Crippen molar-refractivity contribution < 1.29 is 4.79 Å². The van der Waals surface area contributed by atoms with Crippen LogP contribution < -0.4 is 5.32 Å². The summed E-state index contributed by atoms with van der Waals surface area (Å²) in [4.78, 5) is 13.6. The van der Waals surface area contributed by atoms with E-state index in [1.807, 2.05) is 19.0 Å². The van der Waals surface area contributed by atoms with Crippen molar-refractivity contribution in [2.75, 3.05) is 27.2 Å². The van der Waals surface area contributed by atoms with Crippen LogP contribution in [-0.4, -0.2) is 38.0 Å². The van der Waals surface area contributed by atoms with Gasteiger partial charge in [-0.3, -0.25) is 4.79 Å². The van der Waals surface area contributed by atoms with Crippen molar-refractivity contribution >= 4 is 5.91 Å². The minimum Gasteiger partial charge on any atom is -0.344 e. The van der Waals surface area contributed by atoms with E-state index in [9.17, 15) is 4.79 Å². The number of rotatable bonds is 4. The molecule has 0 radical (unpaired) electrons. The summed E-state index contributed by atoms with van der Waals surface area (Å²) in [5, 5.41) is 3.04. The first-order chi connectivity index (χ1) is 5.99. The Morgan fingerprint density at radius 2 is 2.15 bits per heavy atom. The Bertz CT molecular complexity index is 201. The van der Waals surface area contributed by atoms with Crippen LogP contribution in [0.4, 0.5) is 0 Å². The first kappa shape index (κ1) is 10.5. The van der Waals surface area contributed by atoms with Gasteiger partial charge in [0.15, 0.2) is 0 Å². The molecule has 1 N–H and O–H groups in total. The fourth-order valence-electron chi connectivity index (χ4n) is 1.54. The largest absolute Gasteiger partial charge is 0.344 e. The molecule has 76 valence electrons. The molecule has 0 aromatic rings. The molecular formula is C10H20N2O. The maximum absolute atomic E-state index is 11.7. The summed E-state index contributed by atoms with van der Waals surface area (Å²) >= 11 is 0. The summed E-state index contributed by atoms with van der Waals surface area (Å²) in [5.74, 6) is 0.578. The number of nitrogens with zero attached hydrogens (tertiary/aromatic N) is 1. The summed E-state index contributed by atoms with van der Waals surface area (Å²) in [5.41, 5.74) is 0.255. The SMILES string of the molecule is CNCCN(C)C(=O)C1CC1(C)C. The number of likely N-dealkylation sites (N-methyl/N-ethyl adjacent to an activating group) is 2. The molecule has 3 heteroatoms. The average Bonchev–Trinajstić information content (AvgIpc) is 2.69. The Hall–Kier alpha value is -0.570. The fraction of sp³-hybridized carbons (Fsp3) is 0.900. The Labute approximate surface area is 80.5 Å². The summed E-state index contributed by atoms with van der Waals surface area (Å²) in [6.45, 7) is 5.99. The normalized spacial score (nSPS) is 24.2. The van der Waals surface area contributed by atoms with Gasteiger partial charge in [0.2, 0.25) is 5.91 Å². The molecule has 0 bridgehead atoms. The zero-order valence-electron chi connectivity index (χ0n) is 9.05. The Kier molecular flexibility index (Phi) is 2.96. The highest BCUT2D eigenvalue weighted by Gasteiger charge is 2.51. The van der Waals surface area contributed by atoms with Crippen LogP contribution in [0.25, 0.3) is 0 Å². The second-order valence-corrected chi connectivity index (χ2v) is 4.61. The van der Waals surface area contributed by atoms with Gasteiger partial charge in [0.25, 0.3) is 0 Å².